The molecule has 1 aromatic carbocycles. The van der Waals surface area contributed by atoms with E-state index in [2.05, 4.69) is 0 Å². The van der Waals surface area contributed by atoms with Gasteiger partial charge in [-0.3, -0.25) is 4.79 Å². The van der Waals surface area contributed by atoms with Crippen molar-refractivity contribution in [1.29, 1.82) is 0 Å². The highest BCUT2D eigenvalue weighted by Gasteiger charge is 2.25. The third-order valence-electron chi connectivity index (χ3n) is 4.08. The van der Waals surface area contributed by atoms with Crippen LogP contribution in [-0.2, 0) is 4.79 Å². The van der Waals surface area contributed by atoms with Crippen molar-refractivity contribution < 1.29 is 14.6 Å². The minimum atomic E-state index is -0.363. The summed E-state index contributed by atoms with van der Waals surface area (Å²) >= 11 is 0. The largest absolute Gasteiger partial charge is 0.493 e. The van der Waals surface area contributed by atoms with Gasteiger partial charge in [-0.05, 0) is 38.8 Å². The Morgan fingerprint density at radius 1 is 1.50 bits per heavy atom. The lowest BCUT2D eigenvalue weighted by atomic mass is 9.93. The lowest BCUT2D eigenvalue weighted by Gasteiger charge is -2.33. The lowest BCUT2D eigenvalue weighted by molar-refractivity contribution is -0.128. The van der Waals surface area contributed by atoms with Gasteiger partial charge in [0.15, 0.2) is 0 Å². The molecule has 4 nitrogen and oxygen atoms in total. The first-order valence-electron chi connectivity index (χ1n) is 7.98. The van der Waals surface area contributed by atoms with Crippen molar-refractivity contribution in [3.63, 3.8) is 0 Å². The molecule has 1 saturated heterocycles. The molecule has 1 amide bonds. The summed E-state index contributed by atoms with van der Waals surface area (Å²) in [5.41, 5.74) is 0.904. The number of hydrogen-bond donors (Lipinski definition) is 1. The topological polar surface area (TPSA) is 49.8 Å². The molecule has 0 saturated carbocycles. The van der Waals surface area contributed by atoms with Crippen LogP contribution in [0.15, 0.2) is 30.3 Å². The van der Waals surface area contributed by atoms with Crippen molar-refractivity contribution in [2.75, 3.05) is 19.7 Å². The van der Waals surface area contributed by atoms with E-state index in [0.717, 1.165) is 30.7 Å². The van der Waals surface area contributed by atoms with Crippen molar-refractivity contribution in [1.82, 2.24) is 4.90 Å². The summed E-state index contributed by atoms with van der Waals surface area (Å²) < 4.78 is 5.55. The third-order valence-corrected chi connectivity index (χ3v) is 4.08. The van der Waals surface area contributed by atoms with E-state index < -0.39 is 0 Å². The van der Waals surface area contributed by atoms with Gasteiger partial charge in [-0.1, -0.05) is 18.2 Å². The van der Waals surface area contributed by atoms with Gasteiger partial charge in [0.2, 0.25) is 5.91 Å². The zero-order valence-electron chi connectivity index (χ0n) is 13.4. The van der Waals surface area contributed by atoms with Gasteiger partial charge in [0.25, 0.3) is 0 Å². The van der Waals surface area contributed by atoms with E-state index in [-0.39, 0.29) is 17.9 Å². The summed E-state index contributed by atoms with van der Waals surface area (Å²) in [5.74, 6) is 0.966. The van der Waals surface area contributed by atoms with Crippen LogP contribution in [0.3, 0.4) is 0 Å². The number of rotatable bonds is 5. The van der Waals surface area contributed by atoms with Crippen LogP contribution in [-0.4, -0.2) is 41.7 Å². The number of likely N-dealkylation sites (tertiary alicyclic amines) is 1. The maximum Gasteiger partial charge on any atom is 0.246 e. The molecule has 2 rings (SSSR count). The minimum Gasteiger partial charge on any atom is -0.493 e. The second-order valence-corrected chi connectivity index (χ2v) is 5.73. The predicted octanol–water partition coefficient (Wildman–Crippen LogP) is 2.72. The van der Waals surface area contributed by atoms with Crippen LogP contribution in [0.5, 0.6) is 5.75 Å². The van der Waals surface area contributed by atoms with Crippen molar-refractivity contribution in [3.05, 3.63) is 35.9 Å². The van der Waals surface area contributed by atoms with Gasteiger partial charge in [0.1, 0.15) is 5.75 Å². The molecule has 120 valence electrons. The summed E-state index contributed by atoms with van der Waals surface area (Å²) in [6.45, 7) is 5.73. The van der Waals surface area contributed by atoms with Crippen LogP contribution in [0, 0.1) is 5.92 Å². The zero-order chi connectivity index (χ0) is 15.9. The lowest BCUT2D eigenvalue weighted by Crippen LogP contribution is -2.42. The van der Waals surface area contributed by atoms with Crippen LogP contribution in [0.1, 0.15) is 32.3 Å². The highest BCUT2D eigenvalue weighted by Crippen LogP contribution is 2.22. The molecule has 22 heavy (non-hydrogen) atoms. The maximum atomic E-state index is 12.3. The molecule has 1 aliphatic heterocycles. The van der Waals surface area contributed by atoms with E-state index in [9.17, 15) is 9.90 Å². The summed E-state index contributed by atoms with van der Waals surface area (Å²) in [6, 6.07) is 7.68. The van der Waals surface area contributed by atoms with Gasteiger partial charge in [-0.2, -0.15) is 0 Å². The van der Waals surface area contributed by atoms with Gasteiger partial charge in [0.05, 0.1) is 12.7 Å². The molecular weight excluding hydrogens is 278 g/mol. The van der Waals surface area contributed by atoms with Crippen LogP contribution < -0.4 is 4.74 Å². The van der Waals surface area contributed by atoms with E-state index >= 15 is 0 Å². The second kappa shape index (κ2) is 7.99. The fraction of sp³-hybridized carbons (Fsp3) is 0.500. The average molecular weight is 303 g/mol. The Morgan fingerprint density at radius 2 is 2.27 bits per heavy atom. The summed E-state index contributed by atoms with van der Waals surface area (Å²) in [6.07, 6.45) is 4.98. The summed E-state index contributed by atoms with van der Waals surface area (Å²) in [7, 11) is 0. The van der Waals surface area contributed by atoms with Crippen LogP contribution in [0.25, 0.3) is 6.08 Å². The maximum absolute atomic E-state index is 12.3. The number of benzene rings is 1. The normalized spacial score (nSPS) is 20.1. The first-order valence-corrected chi connectivity index (χ1v) is 7.98. The molecule has 0 bridgehead atoms. The molecular formula is C18H25NO3. The molecule has 1 aliphatic rings. The monoisotopic (exact) mass is 303 g/mol. The number of aliphatic hydroxyl groups excluding tert-OH is 1. The van der Waals surface area contributed by atoms with Gasteiger partial charge < -0.3 is 14.7 Å². The smallest absolute Gasteiger partial charge is 0.246 e. The Balaban J connectivity index is 2.02. The highest BCUT2D eigenvalue weighted by atomic mass is 16.5. The zero-order valence-corrected chi connectivity index (χ0v) is 13.4. The number of ether oxygens (including phenoxy) is 1. The Hall–Kier alpha value is -1.81. The van der Waals surface area contributed by atoms with Crippen LogP contribution in [0.2, 0.25) is 0 Å². The number of carbonyl (C=O) groups is 1. The fourth-order valence-corrected chi connectivity index (χ4v) is 2.78. The van der Waals surface area contributed by atoms with Gasteiger partial charge in [0, 0.05) is 30.6 Å². The molecule has 1 heterocycles. The van der Waals surface area contributed by atoms with E-state index in [1.165, 1.54) is 0 Å². The Bertz CT molecular complexity index is 525. The van der Waals surface area contributed by atoms with Crippen molar-refractivity contribution in [2.45, 2.75) is 32.8 Å². The highest BCUT2D eigenvalue weighted by molar-refractivity contribution is 5.92. The van der Waals surface area contributed by atoms with Gasteiger partial charge in [-0.25, -0.2) is 0 Å². The van der Waals surface area contributed by atoms with Crippen molar-refractivity contribution >= 4 is 12.0 Å². The number of aliphatic hydroxyl groups is 1. The van der Waals surface area contributed by atoms with Crippen LogP contribution in [0.4, 0.5) is 0 Å². The Labute approximate surface area is 132 Å². The molecule has 1 N–H and O–H groups in total. The minimum absolute atomic E-state index is 0.00310. The number of carbonyl (C=O) groups excluding carboxylic acids is 1. The molecule has 0 aromatic heterocycles. The number of para-hydroxylation sites is 1. The van der Waals surface area contributed by atoms with Crippen LogP contribution >= 0.6 is 0 Å². The van der Waals surface area contributed by atoms with Crippen molar-refractivity contribution in [3.8, 4) is 5.75 Å². The van der Waals surface area contributed by atoms with Crippen molar-refractivity contribution in [2.24, 2.45) is 5.92 Å². The average Bonchev–Trinajstić information content (AvgIpc) is 2.54. The quantitative estimate of drug-likeness (QED) is 0.851. The number of piperidine rings is 1. The first-order chi connectivity index (χ1) is 10.6. The molecule has 0 aliphatic carbocycles. The first kappa shape index (κ1) is 16.6. The van der Waals surface area contributed by atoms with Gasteiger partial charge in [-0.15, -0.1) is 0 Å². The van der Waals surface area contributed by atoms with E-state index in [4.69, 9.17) is 4.74 Å². The molecule has 2 atom stereocenters. The molecule has 4 heteroatoms. The molecule has 0 radical (unpaired) electrons. The number of amides is 1. The molecule has 1 aromatic rings. The molecule has 2 unspecified atom stereocenters. The second-order valence-electron chi connectivity index (χ2n) is 5.73. The standard InChI is InChI=1S/C18H25NO3/c1-3-22-17-9-5-4-7-15(17)10-11-18(21)19-12-6-8-16(13-19)14(2)20/h4-5,7,9-11,14,16,20H,3,6,8,12-13H2,1-2H3/b11-10+. The molecule has 0 spiro atoms. The van der Waals surface area contributed by atoms with Gasteiger partial charge >= 0.3 is 0 Å². The number of hydrogen-bond acceptors (Lipinski definition) is 3. The summed E-state index contributed by atoms with van der Waals surface area (Å²) in [4.78, 5) is 14.1. The fourth-order valence-electron chi connectivity index (χ4n) is 2.78. The number of nitrogens with zero attached hydrogens (tertiary/aromatic N) is 1. The third kappa shape index (κ3) is 4.34. The Morgan fingerprint density at radius 3 is 3.00 bits per heavy atom. The summed E-state index contributed by atoms with van der Waals surface area (Å²) in [5, 5.41) is 9.71. The van der Waals surface area contributed by atoms with E-state index in [1.807, 2.05) is 36.1 Å². The van der Waals surface area contributed by atoms with E-state index in [1.54, 1.807) is 19.1 Å². The van der Waals surface area contributed by atoms with E-state index in [0.29, 0.717) is 13.2 Å². The SMILES string of the molecule is CCOc1ccccc1/C=C/C(=O)N1CCCC(C(C)O)C1. The molecule has 1 fully saturated rings. The predicted molar refractivity (Wildman–Crippen MR) is 87.6 cm³/mol. The Kier molecular flexibility index (Phi) is 6.01.